The van der Waals surface area contributed by atoms with Crippen LogP contribution in [0.15, 0.2) is 19.0 Å². The summed E-state index contributed by atoms with van der Waals surface area (Å²) in [7, 11) is 0. The molecule has 6 nitrogen and oxygen atoms in total. The fourth-order valence-corrected chi connectivity index (χ4v) is 1.12. The molecule has 0 aromatic carbocycles. The zero-order chi connectivity index (χ0) is 11.7. The summed E-state index contributed by atoms with van der Waals surface area (Å²) in [5, 5.41) is 8.12. The van der Waals surface area contributed by atoms with Crippen LogP contribution in [0.1, 0.15) is 17.0 Å². The Balaban J connectivity index is 2.42. The molecule has 0 aliphatic heterocycles. The zero-order valence-electron chi connectivity index (χ0n) is 9.18. The van der Waals surface area contributed by atoms with Crippen molar-refractivity contribution in [2.75, 3.05) is 0 Å². The van der Waals surface area contributed by atoms with Gasteiger partial charge in [-0.1, -0.05) is 6.58 Å². The minimum Gasteiger partial charge on any atom is -0.397 e. The fraction of sp³-hybridized carbons (Fsp3) is 0.200. The van der Waals surface area contributed by atoms with Crippen LogP contribution in [0, 0.1) is 13.8 Å². The van der Waals surface area contributed by atoms with Gasteiger partial charge in [-0.15, -0.1) is 9.90 Å². The van der Waals surface area contributed by atoms with E-state index in [1.165, 1.54) is 11.0 Å². The minimum absolute atomic E-state index is 0.370. The summed E-state index contributed by atoms with van der Waals surface area (Å²) in [6.07, 6.45) is 3.26. The highest BCUT2D eigenvalue weighted by atomic mass is 15.5. The summed E-state index contributed by atoms with van der Waals surface area (Å²) >= 11 is 0. The molecule has 0 aliphatic rings. The van der Waals surface area contributed by atoms with Gasteiger partial charge in [0.2, 0.25) is 0 Å². The lowest BCUT2D eigenvalue weighted by Gasteiger charge is -2.01. The Bertz CT molecular complexity index is 542. The van der Waals surface area contributed by atoms with Gasteiger partial charge in [-0.3, -0.25) is 0 Å². The smallest absolute Gasteiger partial charge is 0.268 e. The number of rotatable bonds is 2. The van der Waals surface area contributed by atoms with Crippen molar-refractivity contribution >= 4 is 5.70 Å². The molecule has 0 bridgehead atoms. The monoisotopic (exact) mass is 216 g/mol. The van der Waals surface area contributed by atoms with Crippen LogP contribution >= 0.6 is 0 Å². The minimum atomic E-state index is 0.370. The van der Waals surface area contributed by atoms with Crippen molar-refractivity contribution in [2.24, 2.45) is 5.73 Å². The number of nitrogens with two attached hydrogens (primary N) is 1. The summed E-state index contributed by atoms with van der Waals surface area (Å²) in [4.78, 5) is 9.74. The van der Waals surface area contributed by atoms with Gasteiger partial charge >= 0.3 is 0 Å². The maximum atomic E-state index is 5.51. The lowest BCUT2D eigenvalue weighted by Crippen LogP contribution is -2.07. The molecule has 0 fully saturated rings. The van der Waals surface area contributed by atoms with Gasteiger partial charge < -0.3 is 5.73 Å². The molecular formula is C10H12N6. The second-order valence-electron chi connectivity index (χ2n) is 3.48. The Morgan fingerprint density at radius 3 is 2.69 bits per heavy atom. The molecule has 6 heteroatoms. The highest BCUT2D eigenvalue weighted by Crippen LogP contribution is 2.06. The zero-order valence-corrected chi connectivity index (χ0v) is 9.18. The van der Waals surface area contributed by atoms with Crippen LogP contribution in [0.25, 0.3) is 11.6 Å². The van der Waals surface area contributed by atoms with Gasteiger partial charge in [0.1, 0.15) is 5.69 Å². The predicted molar refractivity (Wildman–Crippen MR) is 59.6 cm³/mol. The van der Waals surface area contributed by atoms with Crippen molar-refractivity contribution in [1.29, 1.82) is 0 Å². The molecule has 2 aromatic rings. The summed E-state index contributed by atoms with van der Waals surface area (Å²) in [6, 6.07) is 0. The Morgan fingerprint density at radius 1 is 1.38 bits per heavy atom. The van der Waals surface area contributed by atoms with Gasteiger partial charge in [-0.05, 0) is 19.4 Å². The summed E-state index contributed by atoms with van der Waals surface area (Å²) < 4.78 is 0. The van der Waals surface area contributed by atoms with E-state index in [0.29, 0.717) is 17.3 Å². The number of aryl methyl sites for hydroxylation is 2. The van der Waals surface area contributed by atoms with Crippen LogP contribution in [0.2, 0.25) is 0 Å². The summed E-state index contributed by atoms with van der Waals surface area (Å²) in [6.45, 7) is 7.44. The molecule has 16 heavy (non-hydrogen) atoms. The first-order chi connectivity index (χ1) is 7.58. The normalized spacial score (nSPS) is 10.4. The lowest BCUT2D eigenvalue weighted by atomic mass is 10.3. The number of nitrogens with zero attached hydrogens (tertiary/aromatic N) is 5. The maximum absolute atomic E-state index is 5.51. The van der Waals surface area contributed by atoms with Gasteiger partial charge in [0.05, 0.1) is 11.9 Å². The summed E-state index contributed by atoms with van der Waals surface area (Å²) in [5.41, 5.74) is 8.33. The van der Waals surface area contributed by atoms with Crippen LogP contribution in [-0.4, -0.2) is 25.0 Å². The third-order valence-electron chi connectivity index (χ3n) is 2.21. The van der Waals surface area contributed by atoms with E-state index in [0.717, 1.165) is 11.3 Å². The predicted octanol–water partition coefficient (Wildman–Crippen LogP) is 0.604. The molecule has 0 radical (unpaired) electrons. The fourth-order valence-electron chi connectivity index (χ4n) is 1.12. The standard InChI is InChI=1S/C10H12N6/c1-6-4-12-10(14-8(6)3)16-13-5-9(15-16)7(2)11/h4-5H,2,11H2,1,3H3. The SMILES string of the molecule is C=C(N)c1cnn(-c2ncc(C)c(C)n2)n1. The molecule has 0 amide bonds. The van der Waals surface area contributed by atoms with Crippen molar-refractivity contribution in [3.63, 3.8) is 0 Å². The van der Waals surface area contributed by atoms with E-state index in [1.807, 2.05) is 13.8 Å². The maximum Gasteiger partial charge on any atom is 0.268 e. The van der Waals surface area contributed by atoms with E-state index in [1.54, 1.807) is 6.20 Å². The molecule has 0 aliphatic carbocycles. The first kappa shape index (κ1) is 10.3. The largest absolute Gasteiger partial charge is 0.397 e. The van der Waals surface area contributed by atoms with Gasteiger partial charge in [-0.25, -0.2) is 9.97 Å². The van der Waals surface area contributed by atoms with E-state index < -0.39 is 0 Å². The molecular weight excluding hydrogens is 204 g/mol. The summed E-state index contributed by atoms with van der Waals surface area (Å²) in [5.74, 6) is 0.426. The average molecular weight is 216 g/mol. The first-order valence-electron chi connectivity index (χ1n) is 4.75. The molecule has 2 rings (SSSR count). The Kier molecular flexibility index (Phi) is 2.40. The Morgan fingerprint density at radius 2 is 2.12 bits per heavy atom. The third-order valence-corrected chi connectivity index (χ3v) is 2.21. The molecule has 0 atom stereocenters. The quantitative estimate of drug-likeness (QED) is 0.795. The number of hydrogen-bond acceptors (Lipinski definition) is 5. The Labute approximate surface area is 92.8 Å². The van der Waals surface area contributed by atoms with Crippen LogP contribution in [-0.2, 0) is 0 Å². The highest BCUT2D eigenvalue weighted by Gasteiger charge is 2.07. The molecule has 82 valence electrons. The third kappa shape index (κ3) is 1.77. The van der Waals surface area contributed by atoms with Gasteiger partial charge in [-0.2, -0.15) is 5.10 Å². The topological polar surface area (TPSA) is 82.5 Å². The van der Waals surface area contributed by atoms with Crippen molar-refractivity contribution in [3.8, 4) is 5.95 Å². The molecule has 0 saturated carbocycles. The van der Waals surface area contributed by atoms with Crippen molar-refractivity contribution < 1.29 is 0 Å². The molecule has 2 aromatic heterocycles. The number of aromatic nitrogens is 5. The second kappa shape index (κ2) is 3.73. The van der Waals surface area contributed by atoms with Crippen LogP contribution in [0.4, 0.5) is 0 Å². The first-order valence-corrected chi connectivity index (χ1v) is 4.75. The van der Waals surface area contributed by atoms with E-state index in [9.17, 15) is 0 Å². The van der Waals surface area contributed by atoms with Crippen LogP contribution < -0.4 is 5.73 Å². The van der Waals surface area contributed by atoms with Gasteiger partial charge in [0, 0.05) is 11.9 Å². The van der Waals surface area contributed by atoms with E-state index in [2.05, 4.69) is 26.7 Å². The van der Waals surface area contributed by atoms with Gasteiger partial charge in [0.15, 0.2) is 0 Å². The second-order valence-corrected chi connectivity index (χ2v) is 3.48. The van der Waals surface area contributed by atoms with Crippen molar-refractivity contribution in [2.45, 2.75) is 13.8 Å². The van der Waals surface area contributed by atoms with E-state index >= 15 is 0 Å². The molecule has 2 N–H and O–H groups in total. The van der Waals surface area contributed by atoms with Crippen molar-refractivity contribution in [3.05, 3.63) is 35.9 Å². The molecule has 0 spiro atoms. The van der Waals surface area contributed by atoms with E-state index in [4.69, 9.17) is 5.73 Å². The average Bonchev–Trinajstić information content (AvgIpc) is 2.71. The lowest BCUT2D eigenvalue weighted by molar-refractivity contribution is 0.696. The van der Waals surface area contributed by atoms with E-state index in [-0.39, 0.29) is 0 Å². The number of hydrogen-bond donors (Lipinski definition) is 1. The molecule has 0 unspecified atom stereocenters. The molecule has 2 heterocycles. The molecule has 0 saturated heterocycles. The van der Waals surface area contributed by atoms with Crippen molar-refractivity contribution in [1.82, 2.24) is 25.0 Å². The van der Waals surface area contributed by atoms with Crippen LogP contribution in [0.5, 0.6) is 0 Å². The van der Waals surface area contributed by atoms with Gasteiger partial charge in [0.25, 0.3) is 5.95 Å². The Hall–Kier alpha value is -2.24. The highest BCUT2D eigenvalue weighted by molar-refractivity contribution is 5.54. The van der Waals surface area contributed by atoms with Crippen LogP contribution in [0.3, 0.4) is 0 Å².